The molecule has 0 aromatic rings. The van der Waals surface area contributed by atoms with E-state index in [0.717, 1.165) is 45.4 Å². The summed E-state index contributed by atoms with van der Waals surface area (Å²) in [6.45, 7) is 14.0. The van der Waals surface area contributed by atoms with Crippen molar-refractivity contribution in [2.75, 3.05) is 85.0 Å². The maximum absolute atomic E-state index is 12.5. The van der Waals surface area contributed by atoms with Crippen LogP contribution in [0, 0.1) is 5.92 Å². The molecule has 2 fully saturated rings. The third-order valence-corrected chi connectivity index (χ3v) is 7.05. The third-order valence-electron chi connectivity index (χ3n) is 5.22. The van der Waals surface area contributed by atoms with Crippen LogP contribution in [0.4, 0.5) is 0 Å². The van der Waals surface area contributed by atoms with Crippen molar-refractivity contribution in [3.63, 3.8) is 0 Å². The Morgan fingerprint density at radius 3 is 2.30 bits per heavy atom. The lowest BCUT2D eigenvalue weighted by atomic mass is 10.1. The van der Waals surface area contributed by atoms with Gasteiger partial charge in [-0.3, -0.25) is 9.89 Å². The van der Waals surface area contributed by atoms with Gasteiger partial charge in [0.25, 0.3) is 0 Å². The van der Waals surface area contributed by atoms with E-state index in [9.17, 15) is 8.42 Å². The van der Waals surface area contributed by atoms with Gasteiger partial charge < -0.3 is 19.7 Å². The first-order valence-electron chi connectivity index (χ1n) is 10.7. The average molecular weight is 562 g/mol. The van der Waals surface area contributed by atoms with E-state index in [0.29, 0.717) is 32.1 Å². The number of hydrogen-bond donors (Lipinski definition) is 1. The van der Waals surface area contributed by atoms with Crippen molar-refractivity contribution in [2.45, 2.75) is 26.9 Å². The smallest absolute Gasteiger partial charge is 0.216 e. The molecule has 0 aliphatic carbocycles. The molecule has 0 saturated carbocycles. The molecule has 0 spiro atoms. The predicted octanol–water partition coefficient (Wildman–Crippen LogP) is 0.521. The predicted molar refractivity (Wildman–Crippen MR) is 131 cm³/mol. The molecule has 1 N–H and O–H groups in total. The highest BCUT2D eigenvalue weighted by atomic mass is 127. The molecule has 0 bridgehead atoms. The van der Waals surface area contributed by atoms with Gasteiger partial charge >= 0.3 is 0 Å². The lowest BCUT2D eigenvalue weighted by molar-refractivity contribution is 0.0320. The zero-order valence-corrected chi connectivity index (χ0v) is 22.0. The zero-order chi connectivity index (χ0) is 21.3. The molecule has 0 radical (unpaired) electrons. The molecule has 2 saturated heterocycles. The number of guanidine groups is 1. The van der Waals surface area contributed by atoms with E-state index in [1.54, 1.807) is 11.4 Å². The van der Waals surface area contributed by atoms with Crippen LogP contribution in [-0.4, -0.2) is 120 Å². The number of halogens is 1. The summed E-state index contributed by atoms with van der Waals surface area (Å²) in [6, 6.07) is 0. The standard InChI is InChI=1S/C19H39N5O4S.HI/c1-17(2)28-13-14-29(25,26)24-7-5-23(6-8-24)19(20-4)21-15-18(3)16-22-9-11-27-12-10-22;/h17-18H,5-16H2,1-4H3,(H,20,21);1H. The minimum Gasteiger partial charge on any atom is -0.379 e. The van der Waals surface area contributed by atoms with Gasteiger partial charge in [0.2, 0.25) is 10.0 Å². The van der Waals surface area contributed by atoms with Crippen LogP contribution in [0.25, 0.3) is 0 Å². The first-order chi connectivity index (χ1) is 13.8. The Labute approximate surface area is 199 Å². The molecule has 1 unspecified atom stereocenters. The van der Waals surface area contributed by atoms with Gasteiger partial charge in [0.15, 0.2) is 5.96 Å². The Bertz CT molecular complexity index is 606. The minimum atomic E-state index is -3.27. The highest BCUT2D eigenvalue weighted by Gasteiger charge is 2.28. The van der Waals surface area contributed by atoms with Crippen molar-refractivity contribution >= 4 is 40.0 Å². The Hall–Kier alpha value is -0.210. The second kappa shape index (κ2) is 14.0. The SMILES string of the molecule is CN=C(NCC(C)CN1CCOCC1)N1CCN(S(=O)(=O)CCOC(C)C)CC1.I. The minimum absolute atomic E-state index is 0. The van der Waals surface area contributed by atoms with Crippen LogP contribution >= 0.6 is 24.0 Å². The van der Waals surface area contributed by atoms with Crippen molar-refractivity contribution < 1.29 is 17.9 Å². The Morgan fingerprint density at radius 1 is 1.10 bits per heavy atom. The van der Waals surface area contributed by atoms with E-state index in [-0.39, 0.29) is 42.4 Å². The molecule has 2 rings (SSSR count). The summed E-state index contributed by atoms with van der Waals surface area (Å²) in [4.78, 5) is 8.97. The van der Waals surface area contributed by atoms with E-state index < -0.39 is 10.0 Å². The van der Waals surface area contributed by atoms with Crippen LogP contribution in [0.1, 0.15) is 20.8 Å². The van der Waals surface area contributed by atoms with Crippen molar-refractivity contribution in [3.05, 3.63) is 0 Å². The molecule has 2 aliphatic heterocycles. The van der Waals surface area contributed by atoms with Crippen LogP contribution < -0.4 is 5.32 Å². The first kappa shape index (κ1) is 27.8. The summed E-state index contributed by atoms with van der Waals surface area (Å²) >= 11 is 0. The number of morpholine rings is 1. The van der Waals surface area contributed by atoms with Crippen LogP contribution in [0.5, 0.6) is 0 Å². The summed E-state index contributed by atoms with van der Waals surface area (Å²) < 4.78 is 37.3. The molecule has 30 heavy (non-hydrogen) atoms. The van der Waals surface area contributed by atoms with Crippen molar-refractivity contribution in [1.82, 2.24) is 19.4 Å². The van der Waals surface area contributed by atoms with Gasteiger partial charge in [-0.1, -0.05) is 6.92 Å². The molecule has 11 heteroatoms. The van der Waals surface area contributed by atoms with Crippen molar-refractivity contribution in [2.24, 2.45) is 10.9 Å². The molecule has 2 aliphatic rings. The van der Waals surface area contributed by atoms with Crippen LogP contribution in [-0.2, 0) is 19.5 Å². The summed E-state index contributed by atoms with van der Waals surface area (Å²) in [5.41, 5.74) is 0. The van der Waals surface area contributed by atoms with Gasteiger partial charge in [0, 0.05) is 59.4 Å². The van der Waals surface area contributed by atoms with E-state index in [1.165, 1.54) is 0 Å². The Kier molecular flexibility index (Phi) is 13.0. The molecule has 1 atom stereocenters. The molecule has 0 aromatic carbocycles. The van der Waals surface area contributed by atoms with Gasteiger partial charge in [-0.15, -0.1) is 24.0 Å². The van der Waals surface area contributed by atoms with Crippen LogP contribution in [0.3, 0.4) is 0 Å². The fourth-order valence-corrected chi connectivity index (χ4v) is 4.87. The van der Waals surface area contributed by atoms with Gasteiger partial charge in [-0.25, -0.2) is 8.42 Å². The average Bonchev–Trinajstić information content (AvgIpc) is 2.69. The number of rotatable bonds is 9. The monoisotopic (exact) mass is 561 g/mol. The Balaban J connectivity index is 0.00000450. The van der Waals surface area contributed by atoms with Gasteiger partial charge in [-0.2, -0.15) is 4.31 Å². The first-order valence-corrected chi connectivity index (χ1v) is 12.3. The second-order valence-corrected chi connectivity index (χ2v) is 10.2. The molecule has 9 nitrogen and oxygen atoms in total. The lowest BCUT2D eigenvalue weighted by Crippen LogP contribution is -2.54. The summed E-state index contributed by atoms with van der Waals surface area (Å²) in [5.74, 6) is 1.38. The van der Waals surface area contributed by atoms with Crippen molar-refractivity contribution in [1.29, 1.82) is 0 Å². The molecular formula is C19H40IN5O4S. The fraction of sp³-hybridized carbons (Fsp3) is 0.947. The number of sulfonamides is 1. The Morgan fingerprint density at radius 2 is 1.73 bits per heavy atom. The van der Waals surface area contributed by atoms with Crippen LogP contribution in [0.15, 0.2) is 4.99 Å². The normalized spacial score (nSPS) is 20.8. The summed E-state index contributed by atoms with van der Waals surface area (Å²) in [7, 11) is -1.49. The topological polar surface area (TPSA) is 86.7 Å². The third kappa shape index (κ3) is 9.51. The fourth-order valence-electron chi connectivity index (χ4n) is 3.58. The van der Waals surface area contributed by atoms with E-state index >= 15 is 0 Å². The highest BCUT2D eigenvalue weighted by Crippen LogP contribution is 2.09. The van der Waals surface area contributed by atoms with E-state index in [1.807, 2.05) is 13.8 Å². The maximum Gasteiger partial charge on any atom is 0.216 e. The second-order valence-electron chi connectivity index (χ2n) is 8.07. The largest absolute Gasteiger partial charge is 0.379 e. The van der Waals surface area contributed by atoms with Crippen molar-refractivity contribution in [3.8, 4) is 0 Å². The molecule has 0 amide bonds. The summed E-state index contributed by atoms with van der Waals surface area (Å²) in [5, 5.41) is 3.46. The molecular weight excluding hydrogens is 521 g/mol. The highest BCUT2D eigenvalue weighted by molar-refractivity contribution is 14.0. The number of hydrogen-bond acceptors (Lipinski definition) is 6. The number of nitrogens with one attached hydrogen (secondary N) is 1. The number of ether oxygens (including phenoxy) is 2. The van der Waals surface area contributed by atoms with Gasteiger partial charge in [-0.05, 0) is 19.8 Å². The van der Waals surface area contributed by atoms with Gasteiger partial charge in [0.05, 0.1) is 31.7 Å². The van der Waals surface area contributed by atoms with E-state index in [4.69, 9.17) is 9.47 Å². The van der Waals surface area contributed by atoms with Crippen LogP contribution in [0.2, 0.25) is 0 Å². The number of piperazine rings is 1. The quantitative estimate of drug-likeness (QED) is 0.250. The maximum atomic E-state index is 12.5. The number of aliphatic imine (C=N–C) groups is 1. The molecule has 178 valence electrons. The van der Waals surface area contributed by atoms with Gasteiger partial charge in [0.1, 0.15) is 0 Å². The zero-order valence-electron chi connectivity index (χ0n) is 18.9. The summed E-state index contributed by atoms with van der Waals surface area (Å²) in [6.07, 6.45) is 0.0436. The molecule has 0 aromatic heterocycles. The van der Waals surface area contributed by atoms with E-state index in [2.05, 4.69) is 27.0 Å². The number of nitrogens with zero attached hydrogens (tertiary/aromatic N) is 4. The lowest BCUT2D eigenvalue weighted by Gasteiger charge is -2.36. The molecule has 2 heterocycles.